The highest BCUT2D eigenvalue weighted by atomic mass is 16.5. The number of unbranched alkanes of at least 4 members (excludes halogenated alkanes) is 3. The second-order valence-corrected chi connectivity index (χ2v) is 4.33. The smallest absolute Gasteiger partial charge is 0.314 e. The van der Waals surface area contributed by atoms with Gasteiger partial charge in [-0.05, 0) is 12.8 Å². The van der Waals surface area contributed by atoms with Crippen molar-refractivity contribution < 1.29 is 19.2 Å². The molecule has 0 atom stereocenters. The van der Waals surface area contributed by atoms with Crippen LogP contribution < -0.4 is 10.6 Å². The Morgan fingerprint density at radius 3 is 2.60 bits per heavy atom. The molecule has 0 aromatic carbocycles. The molecule has 20 heavy (non-hydrogen) atoms. The molecule has 0 aliphatic carbocycles. The van der Waals surface area contributed by atoms with Gasteiger partial charge in [-0.3, -0.25) is 4.79 Å². The van der Waals surface area contributed by atoms with E-state index in [1.807, 2.05) is 0 Å². The summed E-state index contributed by atoms with van der Waals surface area (Å²) < 4.78 is 4.79. The van der Waals surface area contributed by atoms with Gasteiger partial charge in [0, 0.05) is 25.9 Å². The Morgan fingerprint density at radius 1 is 1.15 bits per heavy atom. The average molecular weight is 284 g/mol. The van der Waals surface area contributed by atoms with Gasteiger partial charge in [-0.1, -0.05) is 18.0 Å². The van der Waals surface area contributed by atoms with Crippen molar-refractivity contribution >= 4 is 12.0 Å². The van der Waals surface area contributed by atoms with E-state index in [0.29, 0.717) is 31.8 Å². The van der Waals surface area contributed by atoms with Gasteiger partial charge < -0.3 is 20.3 Å². The van der Waals surface area contributed by atoms with Gasteiger partial charge >= 0.3 is 12.0 Å². The first-order valence-corrected chi connectivity index (χ1v) is 6.67. The fourth-order valence-corrected chi connectivity index (χ4v) is 1.61. The van der Waals surface area contributed by atoms with E-state index >= 15 is 0 Å². The fraction of sp³-hybridized carbons (Fsp3) is 0.667. The maximum Gasteiger partial charge on any atom is 0.314 e. The van der Waals surface area contributed by atoms with Crippen LogP contribution in [-0.4, -0.2) is 40.3 Å². The van der Waals surface area contributed by atoms with Crippen molar-refractivity contribution in [2.75, 3.05) is 13.1 Å². The molecule has 112 valence electrons. The summed E-state index contributed by atoms with van der Waals surface area (Å²) >= 11 is 0. The monoisotopic (exact) mass is 284 g/mol. The zero-order valence-electron chi connectivity index (χ0n) is 11.3. The standard InChI is InChI=1S/C12H20N4O4/c17-11(18)5-3-1-2-4-7-13-12(19)14-8-6-10-15-9-16-20-10/h9H,1-8H2,(H,17,18)(H2,13,14,19). The van der Waals surface area contributed by atoms with Crippen molar-refractivity contribution in [3.8, 4) is 0 Å². The number of urea groups is 1. The van der Waals surface area contributed by atoms with E-state index in [9.17, 15) is 9.59 Å². The molecule has 0 aliphatic rings. The van der Waals surface area contributed by atoms with Gasteiger partial charge in [0.1, 0.15) is 0 Å². The molecular formula is C12H20N4O4. The minimum absolute atomic E-state index is 0.212. The quantitative estimate of drug-likeness (QED) is 0.550. The maximum atomic E-state index is 11.4. The molecule has 0 bridgehead atoms. The van der Waals surface area contributed by atoms with Crippen LogP contribution in [0.25, 0.3) is 0 Å². The number of carboxylic acid groups (broad SMARTS) is 1. The molecule has 3 N–H and O–H groups in total. The predicted molar refractivity (Wildman–Crippen MR) is 70.1 cm³/mol. The van der Waals surface area contributed by atoms with Crippen LogP contribution in [0, 0.1) is 0 Å². The van der Waals surface area contributed by atoms with Gasteiger partial charge in [0.2, 0.25) is 5.89 Å². The van der Waals surface area contributed by atoms with Crippen LogP contribution in [0.2, 0.25) is 0 Å². The zero-order chi connectivity index (χ0) is 14.6. The summed E-state index contributed by atoms with van der Waals surface area (Å²) in [5, 5.41) is 17.3. The van der Waals surface area contributed by atoms with Crippen LogP contribution in [0.1, 0.15) is 38.0 Å². The van der Waals surface area contributed by atoms with E-state index in [0.717, 1.165) is 19.3 Å². The summed E-state index contributed by atoms with van der Waals surface area (Å²) in [5.74, 6) is -0.271. The Bertz CT molecular complexity index is 394. The van der Waals surface area contributed by atoms with Crippen LogP contribution >= 0.6 is 0 Å². The van der Waals surface area contributed by atoms with Crippen molar-refractivity contribution in [3.63, 3.8) is 0 Å². The third kappa shape index (κ3) is 8.06. The number of carboxylic acids is 1. The number of aliphatic carboxylic acids is 1. The van der Waals surface area contributed by atoms with Crippen LogP contribution in [0.3, 0.4) is 0 Å². The van der Waals surface area contributed by atoms with Gasteiger partial charge in [-0.2, -0.15) is 4.98 Å². The summed E-state index contributed by atoms with van der Waals surface area (Å²) in [6.45, 7) is 1.02. The lowest BCUT2D eigenvalue weighted by Gasteiger charge is -2.06. The first-order valence-electron chi connectivity index (χ1n) is 6.67. The number of aromatic nitrogens is 2. The molecule has 2 amide bonds. The maximum absolute atomic E-state index is 11.4. The van der Waals surface area contributed by atoms with Crippen LogP contribution in [0.15, 0.2) is 10.9 Å². The molecule has 0 aliphatic heterocycles. The molecule has 8 nitrogen and oxygen atoms in total. The second kappa shape index (κ2) is 9.76. The van der Waals surface area contributed by atoms with E-state index in [-0.39, 0.29) is 12.5 Å². The summed E-state index contributed by atoms with van der Waals surface area (Å²) in [6, 6.07) is -0.227. The second-order valence-electron chi connectivity index (χ2n) is 4.33. The first kappa shape index (κ1) is 15.9. The van der Waals surface area contributed by atoms with Crippen LogP contribution in [0.4, 0.5) is 4.79 Å². The zero-order valence-corrected chi connectivity index (χ0v) is 11.3. The highest BCUT2D eigenvalue weighted by molar-refractivity contribution is 5.73. The van der Waals surface area contributed by atoms with Crippen molar-refractivity contribution in [1.29, 1.82) is 0 Å². The summed E-state index contributed by atoms with van der Waals surface area (Å²) in [4.78, 5) is 25.5. The number of nitrogens with one attached hydrogen (secondary N) is 2. The molecule has 0 unspecified atom stereocenters. The molecular weight excluding hydrogens is 264 g/mol. The normalized spacial score (nSPS) is 10.2. The van der Waals surface area contributed by atoms with Crippen LogP contribution in [-0.2, 0) is 11.2 Å². The number of carbonyl (C=O) groups excluding carboxylic acids is 1. The molecule has 1 heterocycles. The third-order valence-corrected chi connectivity index (χ3v) is 2.63. The molecule has 1 aromatic rings. The highest BCUT2D eigenvalue weighted by Crippen LogP contribution is 2.02. The third-order valence-electron chi connectivity index (χ3n) is 2.63. The number of amides is 2. The van der Waals surface area contributed by atoms with Crippen molar-refractivity contribution in [3.05, 3.63) is 12.2 Å². The SMILES string of the molecule is O=C(O)CCCCCCNC(=O)NCCc1ncno1. The van der Waals surface area contributed by atoms with E-state index in [1.54, 1.807) is 0 Å². The Balaban J connectivity index is 1.88. The van der Waals surface area contributed by atoms with Gasteiger partial charge in [0.25, 0.3) is 0 Å². The minimum Gasteiger partial charge on any atom is -0.481 e. The summed E-state index contributed by atoms with van der Waals surface area (Å²) in [5.41, 5.74) is 0. The van der Waals surface area contributed by atoms with Gasteiger partial charge in [-0.25, -0.2) is 4.79 Å². The van der Waals surface area contributed by atoms with E-state index < -0.39 is 5.97 Å². The van der Waals surface area contributed by atoms with Crippen molar-refractivity contribution in [1.82, 2.24) is 20.8 Å². The lowest BCUT2D eigenvalue weighted by molar-refractivity contribution is -0.137. The highest BCUT2D eigenvalue weighted by Gasteiger charge is 2.02. The van der Waals surface area contributed by atoms with Crippen molar-refractivity contribution in [2.24, 2.45) is 0 Å². The van der Waals surface area contributed by atoms with Crippen LogP contribution in [0.5, 0.6) is 0 Å². The predicted octanol–water partition coefficient (Wildman–Crippen LogP) is 0.946. The lowest BCUT2D eigenvalue weighted by Crippen LogP contribution is -2.37. The molecule has 1 rings (SSSR count). The Kier molecular flexibility index (Phi) is 7.78. The molecule has 8 heteroatoms. The molecule has 0 spiro atoms. The summed E-state index contributed by atoms with van der Waals surface area (Å²) in [7, 11) is 0. The van der Waals surface area contributed by atoms with Gasteiger partial charge in [-0.15, -0.1) is 0 Å². The Morgan fingerprint density at radius 2 is 1.90 bits per heavy atom. The molecule has 1 aromatic heterocycles. The van der Waals surface area contributed by atoms with Gasteiger partial charge in [0.05, 0.1) is 0 Å². The number of nitrogens with zero attached hydrogens (tertiary/aromatic N) is 2. The first-order chi connectivity index (χ1) is 9.68. The molecule has 0 fully saturated rings. The number of hydrogen-bond acceptors (Lipinski definition) is 5. The molecule has 0 radical (unpaired) electrons. The minimum atomic E-state index is -0.760. The number of hydrogen-bond donors (Lipinski definition) is 3. The molecule has 0 saturated carbocycles. The lowest BCUT2D eigenvalue weighted by atomic mass is 10.1. The Labute approximate surface area is 116 Å². The fourth-order valence-electron chi connectivity index (χ4n) is 1.61. The Hall–Kier alpha value is -2.12. The summed E-state index contributed by atoms with van der Waals surface area (Å²) in [6.07, 6.45) is 5.34. The number of carbonyl (C=O) groups is 2. The van der Waals surface area contributed by atoms with E-state index in [2.05, 4.69) is 20.8 Å². The molecule has 0 saturated heterocycles. The van der Waals surface area contributed by atoms with E-state index in [4.69, 9.17) is 9.63 Å². The average Bonchev–Trinajstić information content (AvgIpc) is 2.90. The topological polar surface area (TPSA) is 117 Å². The number of rotatable bonds is 10. The van der Waals surface area contributed by atoms with Gasteiger partial charge in [0.15, 0.2) is 6.33 Å². The largest absolute Gasteiger partial charge is 0.481 e. The van der Waals surface area contributed by atoms with Crippen molar-refractivity contribution in [2.45, 2.75) is 38.5 Å². The van der Waals surface area contributed by atoms with E-state index in [1.165, 1.54) is 6.33 Å².